The fourth-order valence-corrected chi connectivity index (χ4v) is 2.98. The lowest BCUT2D eigenvalue weighted by Gasteiger charge is -2.35. The van der Waals surface area contributed by atoms with Gasteiger partial charge in [0.15, 0.2) is 0 Å². The summed E-state index contributed by atoms with van der Waals surface area (Å²) in [5, 5.41) is 8.60. The minimum Gasteiger partial charge on any atom is -0.497 e. The van der Waals surface area contributed by atoms with Gasteiger partial charge in [-0.15, -0.1) is 0 Å². The van der Waals surface area contributed by atoms with Gasteiger partial charge in [0.1, 0.15) is 5.75 Å². The maximum absolute atomic E-state index is 12.4. The number of unbranched alkanes of at least 4 members (excludes halogenated alkanes) is 1. The molecule has 1 saturated heterocycles. The molecule has 26 heavy (non-hydrogen) atoms. The SMILES string of the molecule is COc1cccc(CC(=O)N2CCN(C(=O)CCCCC(=O)O)CC2)c1. The zero-order valence-electron chi connectivity index (χ0n) is 15.1. The summed E-state index contributed by atoms with van der Waals surface area (Å²) in [6.07, 6.45) is 1.88. The first-order chi connectivity index (χ1) is 12.5. The molecule has 7 heteroatoms. The van der Waals surface area contributed by atoms with Crippen LogP contribution in [0.4, 0.5) is 0 Å². The van der Waals surface area contributed by atoms with Crippen molar-refractivity contribution in [2.45, 2.75) is 32.1 Å². The highest BCUT2D eigenvalue weighted by Gasteiger charge is 2.23. The molecule has 1 aromatic carbocycles. The number of methoxy groups -OCH3 is 1. The minimum absolute atomic E-state index is 0.0373. The van der Waals surface area contributed by atoms with Crippen LogP contribution in [-0.4, -0.2) is 66.0 Å². The molecular weight excluding hydrogens is 336 g/mol. The van der Waals surface area contributed by atoms with E-state index in [1.54, 1.807) is 16.9 Å². The molecule has 0 aliphatic carbocycles. The Morgan fingerprint density at radius 1 is 1.00 bits per heavy atom. The van der Waals surface area contributed by atoms with Gasteiger partial charge in [-0.2, -0.15) is 0 Å². The van der Waals surface area contributed by atoms with Crippen molar-refractivity contribution < 1.29 is 24.2 Å². The van der Waals surface area contributed by atoms with Gasteiger partial charge in [-0.1, -0.05) is 12.1 Å². The van der Waals surface area contributed by atoms with Gasteiger partial charge in [0, 0.05) is 39.0 Å². The van der Waals surface area contributed by atoms with E-state index in [0.29, 0.717) is 51.9 Å². The molecular formula is C19H26N2O5. The number of piperazine rings is 1. The molecule has 0 aromatic heterocycles. The van der Waals surface area contributed by atoms with E-state index in [9.17, 15) is 14.4 Å². The summed E-state index contributed by atoms with van der Waals surface area (Å²) in [5.74, 6) is -0.0173. The molecule has 0 unspecified atom stereocenters. The molecule has 1 fully saturated rings. The zero-order chi connectivity index (χ0) is 18.9. The smallest absolute Gasteiger partial charge is 0.303 e. The summed E-state index contributed by atoms with van der Waals surface area (Å²) < 4.78 is 5.17. The fourth-order valence-electron chi connectivity index (χ4n) is 2.98. The summed E-state index contributed by atoms with van der Waals surface area (Å²) in [5.41, 5.74) is 0.909. The Labute approximate surface area is 153 Å². The Hall–Kier alpha value is -2.57. The second-order valence-electron chi connectivity index (χ2n) is 6.39. The number of carbonyl (C=O) groups is 3. The summed E-state index contributed by atoms with van der Waals surface area (Å²) >= 11 is 0. The number of ether oxygens (including phenoxy) is 1. The van der Waals surface area contributed by atoms with Gasteiger partial charge in [0.05, 0.1) is 13.5 Å². The first-order valence-electron chi connectivity index (χ1n) is 8.90. The number of hydrogen-bond acceptors (Lipinski definition) is 4. The topological polar surface area (TPSA) is 87.2 Å². The van der Waals surface area contributed by atoms with Crippen molar-refractivity contribution in [2.24, 2.45) is 0 Å². The van der Waals surface area contributed by atoms with Crippen molar-refractivity contribution in [1.29, 1.82) is 0 Å². The molecule has 0 atom stereocenters. The Kier molecular flexibility index (Phi) is 7.44. The Balaban J connectivity index is 1.74. The van der Waals surface area contributed by atoms with E-state index in [1.165, 1.54) is 0 Å². The van der Waals surface area contributed by atoms with Crippen LogP contribution < -0.4 is 4.74 Å². The molecule has 1 aliphatic rings. The van der Waals surface area contributed by atoms with Crippen LogP contribution in [0.1, 0.15) is 31.2 Å². The van der Waals surface area contributed by atoms with Gasteiger partial charge in [-0.25, -0.2) is 0 Å². The molecule has 2 rings (SSSR count). The lowest BCUT2D eigenvalue weighted by molar-refractivity contribution is -0.139. The van der Waals surface area contributed by atoms with E-state index in [2.05, 4.69) is 0 Å². The highest BCUT2D eigenvalue weighted by atomic mass is 16.5. The highest BCUT2D eigenvalue weighted by Crippen LogP contribution is 2.15. The van der Waals surface area contributed by atoms with Crippen LogP contribution in [0.15, 0.2) is 24.3 Å². The Morgan fingerprint density at radius 2 is 1.62 bits per heavy atom. The van der Waals surface area contributed by atoms with E-state index < -0.39 is 5.97 Å². The maximum Gasteiger partial charge on any atom is 0.303 e. The number of amides is 2. The zero-order valence-corrected chi connectivity index (χ0v) is 15.1. The van der Waals surface area contributed by atoms with Crippen LogP contribution in [-0.2, 0) is 20.8 Å². The van der Waals surface area contributed by atoms with Crippen LogP contribution in [0.3, 0.4) is 0 Å². The average molecular weight is 362 g/mol. The number of aliphatic carboxylic acids is 1. The van der Waals surface area contributed by atoms with Gasteiger partial charge in [-0.05, 0) is 30.5 Å². The van der Waals surface area contributed by atoms with Crippen LogP contribution in [0.5, 0.6) is 5.75 Å². The number of carboxylic acids is 1. The van der Waals surface area contributed by atoms with Crippen LogP contribution in [0.25, 0.3) is 0 Å². The van der Waals surface area contributed by atoms with Crippen LogP contribution in [0, 0.1) is 0 Å². The summed E-state index contributed by atoms with van der Waals surface area (Å²) in [4.78, 5) is 38.6. The summed E-state index contributed by atoms with van der Waals surface area (Å²) in [6.45, 7) is 2.12. The van der Waals surface area contributed by atoms with Gasteiger partial charge < -0.3 is 19.6 Å². The van der Waals surface area contributed by atoms with Crippen molar-refractivity contribution >= 4 is 17.8 Å². The Bertz CT molecular complexity index is 639. The van der Waals surface area contributed by atoms with E-state index in [0.717, 1.165) is 11.3 Å². The second-order valence-corrected chi connectivity index (χ2v) is 6.39. The van der Waals surface area contributed by atoms with Crippen molar-refractivity contribution in [3.05, 3.63) is 29.8 Å². The first-order valence-corrected chi connectivity index (χ1v) is 8.90. The molecule has 0 spiro atoms. The molecule has 0 saturated carbocycles. The summed E-state index contributed by atoms with van der Waals surface area (Å²) in [6, 6.07) is 7.46. The fraction of sp³-hybridized carbons (Fsp3) is 0.526. The Morgan fingerprint density at radius 3 is 2.23 bits per heavy atom. The van der Waals surface area contributed by atoms with Gasteiger partial charge in [0.2, 0.25) is 11.8 Å². The van der Waals surface area contributed by atoms with Crippen molar-refractivity contribution in [3.63, 3.8) is 0 Å². The molecule has 1 aromatic rings. The second kappa shape index (κ2) is 9.79. The average Bonchev–Trinajstić information content (AvgIpc) is 2.65. The molecule has 142 valence electrons. The monoisotopic (exact) mass is 362 g/mol. The predicted octanol–water partition coefficient (Wildman–Crippen LogP) is 1.55. The normalized spacial score (nSPS) is 14.2. The third-order valence-corrected chi connectivity index (χ3v) is 4.51. The van der Waals surface area contributed by atoms with Crippen molar-refractivity contribution in [1.82, 2.24) is 9.80 Å². The quantitative estimate of drug-likeness (QED) is 0.709. The maximum atomic E-state index is 12.4. The number of carboxylic acid groups (broad SMARTS) is 1. The standard InChI is InChI=1S/C19H26N2O5/c1-26-16-6-4-5-15(13-16)14-18(23)21-11-9-20(10-12-21)17(22)7-2-3-8-19(24)25/h4-6,13H,2-3,7-12,14H2,1H3,(H,24,25). The van der Waals surface area contributed by atoms with E-state index >= 15 is 0 Å². The molecule has 0 radical (unpaired) electrons. The summed E-state index contributed by atoms with van der Waals surface area (Å²) in [7, 11) is 1.60. The largest absolute Gasteiger partial charge is 0.497 e. The minimum atomic E-state index is -0.833. The van der Waals surface area contributed by atoms with Crippen molar-refractivity contribution in [2.75, 3.05) is 33.3 Å². The number of nitrogens with zero attached hydrogens (tertiary/aromatic N) is 2. The molecule has 0 bridgehead atoms. The molecule has 1 N–H and O–H groups in total. The number of benzene rings is 1. The highest BCUT2D eigenvalue weighted by molar-refractivity contribution is 5.80. The van der Waals surface area contributed by atoms with Gasteiger partial charge >= 0.3 is 5.97 Å². The van der Waals surface area contributed by atoms with Gasteiger partial charge in [-0.3, -0.25) is 14.4 Å². The number of hydrogen-bond donors (Lipinski definition) is 1. The third kappa shape index (κ3) is 6.06. The number of rotatable bonds is 8. The van der Waals surface area contributed by atoms with E-state index in [1.807, 2.05) is 24.3 Å². The van der Waals surface area contributed by atoms with Crippen LogP contribution in [0.2, 0.25) is 0 Å². The predicted molar refractivity (Wildman–Crippen MR) is 96.0 cm³/mol. The van der Waals surface area contributed by atoms with E-state index in [-0.39, 0.29) is 18.2 Å². The van der Waals surface area contributed by atoms with E-state index in [4.69, 9.17) is 9.84 Å². The van der Waals surface area contributed by atoms with Gasteiger partial charge in [0.25, 0.3) is 0 Å². The van der Waals surface area contributed by atoms with Crippen LogP contribution >= 0.6 is 0 Å². The third-order valence-electron chi connectivity index (χ3n) is 4.51. The molecule has 1 heterocycles. The van der Waals surface area contributed by atoms with Crippen molar-refractivity contribution in [3.8, 4) is 5.75 Å². The first kappa shape index (κ1) is 19.8. The molecule has 7 nitrogen and oxygen atoms in total. The lowest BCUT2D eigenvalue weighted by atomic mass is 10.1. The molecule has 1 aliphatic heterocycles. The molecule has 2 amide bonds. The lowest BCUT2D eigenvalue weighted by Crippen LogP contribution is -2.50. The number of carbonyl (C=O) groups excluding carboxylic acids is 2.